The average molecular weight is 577 g/mol. The first-order valence-electron chi connectivity index (χ1n) is 12.9. The van der Waals surface area contributed by atoms with Gasteiger partial charge in [-0.1, -0.05) is 17.7 Å². The first kappa shape index (κ1) is 27.9. The molecule has 11 heteroatoms. The molecule has 5 rings (SSSR count). The number of carbonyl (C=O) groups is 1. The molecule has 0 spiro atoms. The van der Waals surface area contributed by atoms with Gasteiger partial charge in [-0.2, -0.15) is 5.10 Å². The van der Waals surface area contributed by atoms with Gasteiger partial charge in [0, 0.05) is 28.7 Å². The van der Waals surface area contributed by atoms with Crippen molar-refractivity contribution in [2.24, 2.45) is 5.10 Å². The quantitative estimate of drug-likeness (QED) is 0.243. The molecule has 0 unspecified atom stereocenters. The van der Waals surface area contributed by atoms with Gasteiger partial charge in [-0.25, -0.2) is 18.2 Å². The van der Waals surface area contributed by atoms with Crippen molar-refractivity contribution in [1.29, 1.82) is 0 Å². The van der Waals surface area contributed by atoms with Crippen molar-refractivity contribution in [2.75, 3.05) is 24.1 Å². The first-order chi connectivity index (χ1) is 19.6. The fraction of sp³-hybridized carbons (Fsp3) is 0.200. The summed E-state index contributed by atoms with van der Waals surface area (Å²) in [5.74, 6) is -0.507. The summed E-state index contributed by atoms with van der Waals surface area (Å²) >= 11 is 0. The average Bonchev–Trinajstić information content (AvgIpc) is 3.24. The molecular weight excluding hydrogens is 547 g/mol. The Morgan fingerprint density at radius 3 is 2.37 bits per heavy atom. The van der Waals surface area contributed by atoms with E-state index in [0.717, 1.165) is 44.6 Å². The van der Waals surface area contributed by atoms with Crippen molar-refractivity contribution in [3.8, 4) is 17.2 Å². The molecule has 1 aliphatic heterocycles. The standard InChI is InChI=1S/C30H29FN4O5S/c1-20-4-8-26(9-5-20)35-21(2)16-23(22(35)3)18-32-33-30(36)19-34(25-10-6-24(31)7-11-25)41(37,38)27-12-13-28-29(17-27)40-15-14-39-28/h4-13,16-18H,14-15,19H2,1-3H3,(H,33,36)/b32-18-. The van der Waals surface area contributed by atoms with E-state index in [1.807, 2.05) is 51.1 Å². The van der Waals surface area contributed by atoms with Gasteiger partial charge in [0.15, 0.2) is 11.5 Å². The molecule has 1 amide bonds. The number of halogens is 1. The Kier molecular flexibility index (Phi) is 7.80. The van der Waals surface area contributed by atoms with E-state index in [9.17, 15) is 17.6 Å². The van der Waals surface area contributed by atoms with Gasteiger partial charge in [0.2, 0.25) is 0 Å². The highest BCUT2D eigenvalue weighted by Crippen LogP contribution is 2.34. The number of hydrazone groups is 1. The van der Waals surface area contributed by atoms with Crippen molar-refractivity contribution in [3.05, 3.63) is 101 Å². The van der Waals surface area contributed by atoms with Crippen LogP contribution in [0.25, 0.3) is 5.69 Å². The summed E-state index contributed by atoms with van der Waals surface area (Å²) in [5.41, 5.74) is 7.41. The van der Waals surface area contributed by atoms with E-state index in [0.29, 0.717) is 12.4 Å². The third-order valence-electron chi connectivity index (χ3n) is 6.66. The lowest BCUT2D eigenvalue weighted by Crippen LogP contribution is -2.39. The Hall–Kier alpha value is -4.64. The summed E-state index contributed by atoms with van der Waals surface area (Å²) in [7, 11) is -4.26. The van der Waals surface area contributed by atoms with Crippen LogP contribution in [0.1, 0.15) is 22.5 Å². The molecule has 0 saturated heterocycles. The maximum Gasteiger partial charge on any atom is 0.264 e. The molecule has 2 heterocycles. The molecule has 212 valence electrons. The predicted octanol–water partition coefficient (Wildman–Crippen LogP) is 4.66. The van der Waals surface area contributed by atoms with Gasteiger partial charge in [-0.05, 0) is 75.4 Å². The van der Waals surface area contributed by atoms with Gasteiger partial charge in [-0.15, -0.1) is 0 Å². The normalized spacial score (nSPS) is 12.9. The fourth-order valence-electron chi connectivity index (χ4n) is 4.58. The molecular formula is C30H29FN4O5S. The molecule has 1 aromatic heterocycles. The van der Waals surface area contributed by atoms with E-state index in [2.05, 4.69) is 15.1 Å². The first-order valence-corrected chi connectivity index (χ1v) is 14.3. The van der Waals surface area contributed by atoms with E-state index < -0.39 is 28.3 Å². The third kappa shape index (κ3) is 5.94. The number of ether oxygens (including phenoxy) is 2. The molecule has 0 atom stereocenters. The Bertz CT molecular complexity index is 1720. The molecule has 0 fully saturated rings. The summed E-state index contributed by atoms with van der Waals surface area (Å²) in [4.78, 5) is 12.8. The zero-order chi connectivity index (χ0) is 29.1. The highest BCUT2D eigenvalue weighted by atomic mass is 32.2. The van der Waals surface area contributed by atoms with Crippen LogP contribution in [0.3, 0.4) is 0 Å². The second-order valence-corrected chi connectivity index (χ2v) is 11.4. The van der Waals surface area contributed by atoms with E-state index in [1.165, 1.54) is 36.5 Å². The second kappa shape index (κ2) is 11.5. The second-order valence-electron chi connectivity index (χ2n) is 9.58. The monoisotopic (exact) mass is 576 g/mol. The number of aromatic nitrogens is 1. The number of aryl methyl sites for hydroxylation is 2. The SMILES string of the molecule is Cc1ccc(-n2c(C)cc(/C=N\NC(=O)CN(c3ccc(F)cc3)S(=O)(=O)c3ccc4c(c3)OCCO4)c2C)cc1. The zero-order valence-corrected chi connectivity index (χ0v) is 23.6. The van der Waals surface area contributed by atoms with Gasteiger partial charge in [0.1, 0.15) is 25.6 Å². The van der Waals surface area contributed by atoms with Crippen molar-refractivity contribution in [3.63, 3.8) is 0 Å². The Morgan fingerprint density at radius 2 is 1.66 bits per heavy atom. The van der Waals surface area contributed by atoms with Crippen molar-refractivity contribution < 1.29 is 27.1 Å². The summed E-state index contributed by atoms with van der Waals surface area (Å²) in [5, 5.41) is 4.08. The predicted molar refractivity (Wildman–Crippen MR) is 154 cm³/mol. The largest absolute Gasteiger partial charge is 0.486 e. The van der Waals surface area contributed by atoms with E-state index in [4.69, 9.17) is 9.47 Å². The summed E-state index contributed by atoms with van der Waals surface area (Å²) in [6.07, 6.45) is 1.52. The van der Waals surface area contributed by atoms with Crippen LogP contribution in [0.4, 0.5) is 10.1 Å². The van der Waals surface area contributed by atoms with Gasteiger partial charge in [0.25, 0.3) is 15.9 Å². The highest BCUT2D eigenvalue weighted by molar-refractivity contribution is 7.92. The number of fused-ring (bicyclic) bond motifs is 1. The number of hydrogen-bond donors (Lipinski definition) is 1. The minimum Gasteiger partial charge on any atom is -0.486 e. The molecule has 0 saturated carbocycles. The molecule has 1 aliphatic rings. The smallest absolute Gasteiger partial charge is 0.264 e. The van der Waals surface area contributed by atoms with Crippen LogP contribution in [-0.4, -0.2) is 44.9 Å². The molecule has 9 nitrogen and oxygen atoms in total. The van der Waals surface area contributed by atoms with Crippen LogP contribution in [0.5, 0.6) is 11.5 Å². The lowest BCUT2D eigenvalue weighted by atomic mass is 10.2. The van der Waals surface area contributed by atoms with Crippen LogP contribution in [0, 0.1) is 26.6 Å². The Balaban J connectivity index is 1.37. The molecule has 0 bridgehead atoms. The number of carbonyl (C=O) groups excluding carboxylic acids is 1. The van der Waals surface area contributed by atoms with Gasteiger partial charge in [0.05, 0.1) is 16.8 Å². The van der Waals surface area contributed by atoms with Crippen LogP contribution in [0.15, 0.2) is 82.8 Å². The Labute approximate surface area is 237 Å². The lowest BCUT2D eigenvalue weighted by Gasteiger charge is -2.25. The van der Waals surface area contributed by atoms with E-state index in [-0.39, 0.29) is 22.9 Å². The van der Waals surface area contributed by atoms with Crippen LogP contribution < -0.4 is 19.2 Å². The van der Waals surface area contributed by atoms with E-state index >= 15 is 0 Å². The molecule has 0 radical (unpaired) electrons. The highest BCUT2D eigenvalue weighted by Gasteiger charge is 2.29. The molecule has 3 aromatic carbocycles. The molecule has 0 aliphatic carbocycles. The minimum atomic E-state index is -4.26. The summed E-state index contributed by atoms with van der Waals surface area (Å²) in [6.45, 7) is 6.00. The van der Waals surface area contributed by atoms with Gasteiger partial charge >= 0.3 is 0 Å². The van der Waals surface area contributed by atoms with Crippen molar-refractivity contribution >= 4 is 27.8 Å². The van der Waals surface area contributed by atoms with E-state index in [1.54, 1.807) is 0 Å². The molecule has 4 aromatic rings. The number of anilines is 1. The van der Waals surface area contributed by atoms with Crippen molar-refractivity contribution in [1.82, 2.24) is 9.99 Å². The van der Waals surface area contributed by atoms with Crippen LogP contribution >= 0.6 is 0 Å². The third-order valence-corrected chi connectivity index (χ3v) is 8.43. The number of sulfonamides is 1. The summed E-state index contributed by atoms with van der Waals surface area (Å²) in [6, 6.07) is 19.1. The minimum absolute atomic E-state index is 0.106. The van der Waals surface area contributed by atoms with Gasteiger partial charge in [-0.3, -0.25) is 9.10 Å². The maximum atomic E-state index is 13.7. The Morgan fingerprint density at radius 1 is 0.976 bits per heavy atom. The maximum absolute atomic E-state index is 13.7. The van der Waals surface area contributed by atoms with Crippen LogP contribution in [-0.2, 0) is 14.8 Å². The number of amides is 1. The molecule has 41 heavy (non-hydrogen) atoms. The topological polar surface area (TPSA) is 102 Å². The number of rotatable bonds is 8. The number of benzene rings is 3. The van der Waals surface area contributed by atoms with Gasteiger partial charge < -0.3 is 14.0 Å². The number of nitrogens with one attached hydrogen (secondary N) is 1. The fourth-order valence-corrected chi connectivity index (χ4v) is 6.02. The summed E-state index contributed by atoms with van der Waals surface area (Å²) < 4.78 is 55.0. The lowest BCUT2D eigenvalue weighted by molar-refractivity contribution is -0.119. The molecule has 1 N–H and O–H groups in total. The van der Waals surface area contributed by atoms with Crippen molar-refractivity contribution in [2.45, 2.75) is 25.7 Å². The number of hydrogen-bond acceptors (Lipinski definition) is 6. The number of nitrogens with zero attached hydrogens (tertiary/aromatic N) is 3. The van der Waals surface area contributed by atoms with Crippen LogP contribution in [0.2, 0.25) is 0 Å². The zero-order valence-electron chi connectivity index (χ0n) is 22.8.